The molecular weight excluding hydrogens is 563 g/mol. The molecule has 6 N–H and O–H groups in total. The van der Waals surface area contributed by atoms with Gasteiger partial charge in [-0.15, -0.1) is 0 Å². The van der Waals surface area contributed by atoms with Crippen LogP contribution in [0.15, 0.2) is 23.8 Å². The number of aromatic amines is 1. The number of ether oxygens (including phenoxy) is 3. The van der Waals surface area contributed by atoms with Gasteiger partial charge in [0.15, 0.2) is 35.1 Å². The third-order valence-electron chi connectivity index (χ3n) is 7.76. The van der Waals surface area contributed by atoms with Gasteiger partial charge in [0, 0.05) is 12.3 Å². The van der Waals surface area contributed by atoms with Crippen LogP contribution in [0.1, 0.15) is 32.2 Å². The van der Waals surface area contributed by atoms with Gasteiger partial charge in [0.2, 0.25) is 5.95 Å². The molecule has 218 valence electrons. The lowest BCUT2D eigenvalue weighted by Crippen LogP contribution is -2.27. The van der Waals surface area contributed by atoms with Gasteiger partial charge in [-0.3, -0.25) is 28.0 Å². The highest BCUT2D eigenvalue weighted by Gasteiger charge is 2.47. The number of phosphoric acid groups is 1. The van der Waals surface area contributed by atoms with E-state index < -0.39 is 44.3 Å². The average Bonchev–Trinajstić information content (AvgIpc) is 3.68. The topological polar surface area (TPSA) is 243 Å². The summed E-state index contributed by atoms with van der Waals surface area (Å²) in [6.07, 6.45) is 1.09. The molecule has 7 rings (SSSR count). The summed E-state index contributed by atoms with van der Waals surface area (Å²) in [4.78, 5) is 46.2. The third kappa shape index (κ3) is 4.57. The van der Waals surface area contributed by atoms with Gasteiger partial charge >= 0.3 is 7.82 Å². The molecule has 4 aromatic rings. The summed E-state index contributed by atoms with van der Waals surface area (Å²) in [5.41, 5.74) is 12.3. The number of imidazole rings is 2. The fraction of sp³-hybridized carbons (Fsp3) is 0.545. The van der Waals surface area contributed by atoms with Gasteiger partial charge in [0.1, 0.15) is 24.2 Å². The van der Waals surface area contributed by atoms with Crippen LogP contribution in [0.2, 0.25) is 0 Å². The van der Waals surface area contributed by atoms with Gasteiger partial charge in [-0.2, -0.15) is 4.98 Å². The predicted octanol–water partition coefficient (Wildman–Crippen LogP) is 0.441. The lowest BCUT2D eigenvalue weighted by Gasteiger charge is -2.24. The maximum Gasteiger partial charge on any atom is 0.472 e. The van der Waals surface area contributed by atoms with Crippen molar-refractivity contribution in [2.45, 2.75) is 50.7 Å². The number of nitrogens with two attached hydrogens (primary N) is 2. The number of nitrogen functional groups attached to an aromatic ring is 2. The molecule has 19 heteroatoms. The Kier molecular flexibility index (Phi) is 6.31. The van der Waals surface area contributed by atoms with E-state index in [-0.39, 0.29) is 47.8 Å². The van der Waals surface area contributed by atoms with E-state index in [4.69, 9.17) is 34.7 Å². The molecule has 3 fully saturated rings. The van der Waals surface area contributed by atoms with Gasteiger partial charge in [-0.05, 0) is 12.3 Å². The highest BCUT2D eigenvalue weighted by molar-refractivity contribution is 7.47. The molecule has 18 nitrogen and oxygen atoms in total. The number of rotatable bonds is 2. The summed E-state index contributed by atoms with van der Waals surface area (Å²) in [6.45, 7) is 2.10. The minimum absolute atomic E-state index is 0.0283. The Morgan fingerprint density at radius 3 is 2.66 bits per heavy atom. The van der Waals surface area contributed by atoms with Crippen LogP contribution in [0.5, 0.6) is 0 Å². The Morgan fingerprint density at radius 1 is 1.05 bits per heavy atom. The Balaban J connectivity index is 1.15. The Morgan fingerprint density at radius 2 is 1.83 bits per heavy atom. The standard InChI is InChI=1S/C22H27N10O8P/c1-9-10-2-3-36-13-4-11(21(39-13)32-8-28-15-18(32)29-22(24)30-19(15)33)40-41(34,35)37-5-12(10)38-20(9)31-7-27-14-16(23)25-6-26-17(14)31/h6-13,20-21H,2-5H2,1H3,(H,34,35)(H2,23,25,26)(H3,24,29,30,33)/t9-,10+,11-,12-,13?,20-,21-/m1/s1. The molecule has 41 heavy (non-hydrogen) atoms. The summed E-state index contributed by atoms with van der Waals surface area (Å²) < 4.78 is 45.8. The number of fused-ring (bicyclic) bond motifs is 5. The number of hydrogen-bond donors (Lipinski definition) is 4. The maximum atomic E-state index is 13.1. The largest absolute Gasteiger partial charge is 0.472 e. The molecule has 2 bridgehead atoms. The van der Waals surface area contributed by atoms with Crippen molar-refractivity contribution in [3.8, 4) is 0 Å². The minimum Gasteiger partial charge on any atom is -0.382 e. The van der Waals surface area contributed by atoms with E-state index in [1.807, 2.05) is 6.92 Å². The van der Waals surface area contributed by atoms with Crippen molar-refractivity contribution in [3.05, 3.63) is 29.3 Å². The molecule has 2 unspecified atom stereocenters. The molecule has 7 heterocycles. The maximum absolute atomic E-state index is 13.1. The Bertz CT molecular complexity index is 1730. The molecule has 0 radical (unpaired) electrons. The summed E-state index contributed by atoms with van der Waals surface area (Å²) >= 11 is 0. The number of phosphoric ester groups is 1. The molecule has 3 aliphatic heterocycles. The third-order valence-corrected chi connectivity index (χ3v) is 8.77. The minimum atomic E-state index is -4.62. The first-order valence-electron chi connectivity index (χ1n) is 12.9. The molecule has 3 saturated heterocycles. The number of H-pyrrole nitrogens is 1. The number of hydrogen-bond acceptors (Lipinski definition) is 14. The van der Waals surface area contributed by atoms with E-state index in [2.05, 4.69) is 29.9 Å². The molecule has 8 atom stereocenters. The van der Waals surface area contributed by atoms with E-state index in [0.29, 0.717) is 24.2 Å². The van der Waals surface area contributed by atoms with Crippen LogP contribution in [0.4, 0.5) is 11.8 Å². The van der Waals surface area contributed by atoms with Crippen LogP contribution in [0.25, 0.3) is 22.3 Å². The highest BCUT2D eigenvalue weighted by atomic mass is 31.2. The quantitative estimate of drug-likeness (QED) is 0.231. The molecule has 0 aliphatic carbocycles. The van der Waals surface area contributed by atoms with E-state index in [1.165, 1.54) is 17.2 Å². The first-order valence-corrected chi connectivity index (χ1v) is 14.4. The lowest BCUT2D eigenvalue weighted by atomic mass is 9.88. The molecule has 0 aromatic carbocycles. The van der Waals surface area contributed by atoms with E-state index in [0.717, 1.165) is 0 Å². The first-order chi connectivity index (χ1) is 19.7. The summed E-state index contributed by atoms with van der Waals surface area (Å²) in [7, 11) is -4.62. The molecule has 0 saturated carbocycles. The van der Waals surface area contributed by atoms with Crippen molar-refractivity contribution in [3.63, 3.8) is 0 Å². The highest BCUT2D eigenvalue weighted by Crippen LogP contribution is 2.51. The monoisotopic (exact) mass is 590 g/mol. The molecule has 0 spiro atoms. The molecule has 3 aliphatic rings. The summed E-state index contributed by atoms with van der Waals surface area (Å²) in [6, 6.07) is 0. The SMILES string of the molecule is C[C@@H]1[C@@H]2CCOC3C[C@@H](OP(=O)(O)OC[C@H]2O[C@H]1n1cnc2c(N)ncnc21)[C@H](n1cnc2c(=O)[nH]c(N)nc21)O3. The zero-order valence-electron chi connectivity index (χ0n) is 21.6. The second-order valence-corrected chi connectivity index (χ2v) is 11.6. The summed E-state index contributed by atoms with van der Waals surface area (Å²) in [5.74, 6) is -0.0718. The lowest BCUT2D eigenvalue weighted by molar-refractivity contribution is -0.155. The predicted molar refractivity (Wildman–Crippen MR) is 139 cm³/mol. The van der Waals surface area contributed by atoms with E-state index in [9.17, 15) is 14.3 Å². The van der Waals surface area contributed by atoms with Crippen molar-refractivity contribution in [1.29, 1.82) is 0 Å². The van der Waals surface area contributed by atoms with E-state index >= 15 is 0 Å². The van der Waals surface area contributed by atoms with Gasteiger partial charge in [-0.1, -0.05) is 6.92 Å². The van der Waals surface area contributed by atoms with Crippen LogP contribution >= 0.6 is 7.82 Å². The fourth-order valence-electron chi connectivity index (χ4n) is 5.83. The van der Waals surface area contributed by atoms with E-state index in [1.54, 1.807) is 10.9 Å². The summed E-state index contributed by atoms with van der Waals surface area (Å²) in [5, 5.41) is 0. The number of nitrogens with zero attached hydrogens (tertiary/aromatic N) is 7. The first kappa shape index (κ1) is 26.4. The zero-order chi connectivity index (χ0) is 28.5. The van der Waals surface area contributed by atoms with Gasteiger partial charge in [0.25, 0.3) is 5.56 Å². The van der Waals surface area contributed by atoms with Gasteiger partial charge in [-0.25, -0.2) is 24.5 Å². The average molecular weight is 590 g/mol. The molecule has 0 amide bonds. The van der Waals surface area contributed by atoms with Gasteiger partial charge < -0.3 is 30.6 Å². The van der Waals surface area contributed by atoms with Crippen molar-refractivity contribution < 1.29 is 32.7 Å². The van der Waals surface area contributed by atoms with Crippen LogP contribution in [-0.2, 0) is 27.8 Å². The van der Waals surface area contributed by atoms with Gasteiger partial charge in [0.05, 0.1) is 32.0 Å². The smallest absolute Gasteiger partial charge is 0.382 e. The number of nitrogens with one attached hydrogen (secondary N) is 1. The molecular formula is C22H27N10O8P. The second kappa shape index (κ2) is 9.80. The van der Waals surface area contributed by atoms with Crippen molar-refractivity contribution in [2.75, 3.05) is 24.7 Å². The van der Waals surface area contributed by atoms with Crippen LogP contribution in [0.3, 0.4) is 0 Å². The second-order valence-electron chi connectivity index (χ2n) is 10.2. The Labute approximate surface area is 230 Å². The van der Waals surface area contributed by atoms with Crippen molar-refractivity contribution in [2.24, 2.45) is 11.8 Å². The molecule has 4 aromatic heterocycles. The number of anilines is 2. The van der Waals surface area contributed by atoms with Crippen molar-refractivity contribution in [1.82, 2.24) is 39.0 Å². The normalized spacial score (nSPS) is 34.4. The number of aromatic nitrogens is 8. The Hall–Kier alpha value is -3.51. The van der Waals surface area contributed by atoms with Crippen LogP contribution < -0.4 is 17.0 Å². The van der Waals surface area contributed by atoms with Crippen LogP contribution in [0, 0.1) is 11.8 Å². The fourth-order valence-corrected chi connectivity index (χ4v) is 6.76. The van der Waals surface area contributed by atoms with Crippen LogP contribution in [-0.4, -0.2) is 75.6 Å². The zero-order valence-corrected chi connectivity index (χ0v) is 22.5. The van der Waals surface area contributed by atoms with Crippen molar-refractivity contribution >= 4 is 41.9 Å².